The highest BCUT2D eigenvalue weighted by Crippen LogP contribution is 2.10. The summed E-state index contributed by atoms with van der Waals surface area (Å²) in [5, 5.41) is 0. The number of likely N-dealkylation sites (tertiary alicyclic amines) is 1. The fraction of sp³-hybridized carbons (Fsp3) is 0.500. The minimum atomic E-state index is 0. The van der Waals surface area contributed by atoms with E-state index in [9.17, 15) is 0 Å². The highest BCUT2D eigenvalue weighted by molar-refractivity contribution is 5.86. The zero-order valence-electron chi connectivity index (χ0n) is 8.91. The van der Waals surface area contributed by atoms with Crippen molar-refractivity contribution in [2.24, 2.45) is 5.73 Å². The molecule has 2 heterocycles. The SMILES string of the molecule is Cl.Cl.Cl.NC1CCN(Cc2ccccn2)C1. The molecule has 1 fully saturated rings. The molecule has 0 radical (unpaired) electrons. The molecule has 2 rings (SSSR count). The van der Waals surface area contributed by atoms with Crippen molar-refractivity contribution < 1.29 is 0 Å². The molecule has 1 atom stereocenters. The van der Waals surface area contributed by atoms with Crippen molar-refractivity contribution >= 4 is 37.2 Å². The number of aromatic nitrogens is 1. The number of hydrogen-bond acceptors (Lipinski definition) is 3. The van der Waals surface area contributed by atoms with Crippen molar-refractivity contribution in [2.75, 3.05) is 13.1 Å². The van der Waals surface area contributed by atoms with Gasteiger partial charge in [-0.15, -0.1) is 37.2 Å². The van der Waals surface area contributed by atoms with E-state index in [-0.39, 0.29) is 37.2 Å². The van der Waals surface area contributed by atoms with E-state index in [1.165, 1.54) is 0 Å². The molecule has 0 saturated carbocycles. The maximum absolute atomic E-state index is 5.82. The summed E-state index contributed by atoms with van der Waals surface area (Å²) in [5.74, 6) is 0. The van der Waals surface area contributed by atoms with Crippen LogP contribution >= 0.6 is 37.2 Å². The van der Waals surface area contributed by atoms with Crippen molar-refractivity contribution in [1.29, 1.82) is 0 Å². The summed E-state index contributed by atoms with van der Waals surface area (Å²) in [7, 11) is 0. The first-order valence-electron chi connectivity index (χ1n) is 4.72. The highest BCUT2D eigenvalue weighted by Gasteiger charge is 2.18. The van der Waals surface area contributed by atoms with Gasteiger partial charge in [-0.05, 0) is 18.6 Å². The van der Waals surface area contributed by atoms with Crippen LogP contribution in [-0.2, 0) is 6.54 Å². The average Bonchev–Trinajstić information content (AvgIpc) is 2.53. The first-order valence-corrected chi connectivity index (χ1v) is 4.72. The first kappa shape index (κ1) is 18.3. The van der Waals surface area contributed by atoms with Crippen LogP contribution in [0.15, 0.2) is 24.4 Å². The number of nitrogens with zero attached hydrogens (tertiary/aromatic N) is 2. The summed E-state index contributed by atoms with van der Waals surface area (Å²) < 4.78 is 0. The van der Waals surface area contributed by atoms with E-state index in [0.29, 0.717) is 6.04 Å². The molecule has 0 spiro atoms. The van der Waals surface area contributed by atoms with E-state index in [1.54, 1.807) is 0 Å². The lowest BCUT2D eigenvalue weighted by Gasteiger charge is -2.13. The second-order valence-corrected chi connectivity index (χ2v) is 3.60. The normalized spacial score (nSPS) is 19.2. The van der Waals surface area contributed by atoms with E-state index >= 15 is 0 Å². The molecule has 1 aromatic rings. The van der Waals surface area contributed by atoms with Gasteiger partial charge < -0.3 is 5.73 Å². The Bertz CT molecular complexity index is 271. The highest BCUT2D eigenvalue weighted by atomic mass is 35.5. The van der Waals surface area contributed by atoms with Crippen molar-refractivity contribution in [2.45, 2.75) is 19.0 Å². The van der Waals surface area contributed by atoms with Gasteiger partial charge in [-0.2, -0.15) is 0 Å². The Balaban J connectivity index is 0. The van der Waals surface area contributed by atoms with E-state index in [2.05, 4.69) is 16.0 Å². The Kier molecular flexibility index (Phi) is 10.3. The molecule has 6 heteroatoms. The van der Waals surface area contributed by atoms with Crippen LogP contribution in [0.3, 0.4) is 0 Å². The Morgan fingerprint density at radius 3 is 2.56 bits per heavy atom. The predicted molar refractivity (Wildman–Crippen MR) is 73.9 cm³/mol. The zero-order valence-corrected chi connectivity index (χ0v) is 11.4. The second kappa shape index (κ2) is 9.02. The lowest BCUT2D eigenvalue weighted by molar-refractivity contribution is 0.323. The van der Waals surface area contributed by atoms with Gasteiger partial charge in [-0.25, -0.2) is 0 Å². The molecule has 3 nitrogen and oxygen atoms in total. The van der Waals surface area contributed by atoms with E-state index < -0.39 is 0 Å². The molecular weight excluding hydrogens is 268 g/mol. The topological polar surface area (TPSA) is 42.1 Å². The largest absolute Gasteiger partial charge is 0.326 e. The van der Waals surface area contributed by atoms with Crippen LogP contribution in [0.2, 0.25) is 0 Å². The van der Waals surface area contributed by atoms with Gasteiger partial charge in [0.25, 0.3) is 0 Å². The molecular formula is C10H18Cl3N3. The molecule has 0 aromatic carbocycles. The van der Waals surface area contributed by atoms with Crippen LogP contribution in [0.5, 0.6) is 0 Å². The van der Waals surface area contributed by atoms with E-state index in [0.717, 1.165) is 31.7 Å². The maximum atomic E-state index is 5.82. The molecule has 1 saturated heterocycles. The Morgan fingerprint density at radius 1 is 1.31 bits per heavy atom. The fourth-order valence-corrected chi connectivity index (χ4v) is 1.73. The van der Waals surface area contributed by atoms with Crippen LogP contribution < -0.4 is 5.73 Å². The Hall–Kier alpha value is -0.0600. The standard InChI is InChI=1S/C10H15N3.3ClH/c11-9-4-6-13(7-9)8-10-3-1-2-5-12-10;;;/h1-3,5,9H,4,6-8,11H2;3*1H. The minimum Gasteiger partial charge on any atom is -0.326 e. The molecule has 0 bridgehead atoms. The van der Waals surface area contributed by atoms with Crippen molar-refractivity contribution in [3.63, 3.8) is 0 Å². The molecule has 1 unspecified atom stereocenters. The summed E-state index contributed by atoms with van der Waals surface area (Å²) >= 11 is 0. The van der Waals surface area contributed by atoms with Gasteiger partial charge in [-0.1, -0.05) is 6.07 Å². The molecule has 0 aliphatic carbocycles. The first-order chi connectivity index (χ1) is 6.34. The Morgan fingerprint density at radius 2 is 2.06 bits per heavy atom. The molecule has 2 N–H and O–H groups in total. The fourth-order valence-electron chi connectivity index (χ4n) is 1.73. The molecule has 1 aliphatic heterocycles. The maximum Gasteiger partial charge on any atom is 0.0543 e. The van der Waals surface area contributed by atoms with Crippen LogP contribution in [-0.4, -0.2) is 29.0 Å². The van der Waals surface area contributed by atoms with Crippen LogP contribution in [0.25, 0.3) is 0 Å². The third kappa shape index (κ3) is 5.32. The van der Waals surface area contributed by atoms with Gasteiger partial charge in [0.15, 0.2) is 0 Å². The van der Waals surface area contributed by atoms with Crippen LogP contribution in [0.4, 0.5) is 0 Å². The van der Waals surface area contributed by atoms with Crippen molar-refractivity contribution in [3.05, 3.63) is 30.1 Å². The molecule has 1 aliphatic rings. The lowest BCUT2D eigenvalue weighted by Crippen LogP contribution is -2.26. The lowest BCUT2D eigenvalue weighted by atomic mass is 10.3. The van der Waals surface area contributed by atoms with E-state index in [1.807, 2.05) is 18.3 Å². The summed E-state index contributed by atoms with van der Waals surface area (Å²) in [6.07, 6.45) is 2.96. The summed E-state index contributed by atoms with van der Waals surface area (Å²) in [6, 6.07) is 6.39. The van der Waals surface area contributed by atoms with Gasteiger partial charge >= 0.3 is 0 Å². The van der Waals surface area contributed by atoms with E-state index in [4.69, 9.17) is 5.73 Å². The zero-order chi connectivity index (χ0) is 9.10. The van der Waals surface area contributed by atoms with Crippen molar-refractivity contribution in [3.8, 4) is 0 Å². The number of pyridine rings is 1. The summed E-state index contributed by atoms with van der Waals surface area (Å²) in [6.45, 7) is 3.06. The number of rotatable bonds is 2. The number of halogens is 3. The monoisotopic (exact) mass is 285 g/mol. The van der Waals surface area contributed by atoms with Gasteiger partial charge in [0, 0.05) is 31.9 Å². The van der Waals surface area contributed by atoms with Crippen molar-refractivity contribution in [1.82, 2.24) is 9.88 Å². The third-order valence-corrected chi connectivity index (χ3v) is 2.42. The predicted octanol–water partition coefficient (Wildman–Crippen LogP) is 1.88. The summed E-state index contributed by atoms with van der Waals surface area (Å²) in [4.78, 5) is 6.64. The quantitative estimate of drug-likeness (QED) is 0.903. The van der Waals surface area contributed by atoms with Crippen LogP contribution in [0, 0.1) is 0 Å². The second-order valence-electron chi connectivity index (χ2n) is 3.60. The van der Waals surface area contributed by atoms with Gasteiger partial charge in [0.05, 0.1) is 5.69 Å². The molecule has 94 valence electrons. The van der Waals surface area contributed by atoms with Gasteiger partial charge in [0.1, 0.15) is 0 Å². The smallest absolute Gasteiger partial charge is 0.0543 e. The minimum absolute atomic E-state index is 0. The summed E-state index contributed by atoms with van der Waals surface area (Å²) in [5.41, 5.74) is 6.95. The molecule has 1 aromatic heterocycles. The Labute approximate surface area is 115 Å². The average molecular weight is 287 g/mol. The van der Waals surface area contributed by atoms with Gasteiger partial charge in [-0.3, -0.25) is 9.88 Å². The van der Waals surface area contributed by atoms with Gasteiger partial charge in [0.2, 0.25) is 0 Å². The molecule has 0 amide bonds. The molecule has 16 heavy (non-hydrogen) atoms. The van der Waals surface area contributed by atoms with Crippen LogP contribution in [0.1, 0.15) is 12.1 Å². The third-order valence-electron chi connectivity index (χ3n) is 2.42. The number of nitrogens with two attached hydrogens (primary N) is 1. The number of hydrogen-bond donors (Lipinski definition) is 1.